The Labute approximate surface area is 662 Å². The number of unbranched alkanes of at least 4 members (excludes halogenated alkanes) is 7. The third kappa shape index (κ3) is 76.4. The summed E-state index contributed by atoms with van der Waals surface area (Å²) >= 11 is 0. The van der Waals surface area contributed by atoms with Crippen molar-refractivity contribution in [2.75, 3.05) is 59.3 Å². The van der Waals surface area contributed by atoms with E-state index < -0.39 is 128 Å². The Morgan fingerprint density at radius 3 is 1.30 bits per heavy atom. The maximum absolute atomic E-state index is 12.2. The fraction of sp³-hybridized carbons (Fsp3) is 0.853. The van der Waals surface area contributed by atoms with Gasteiger partial charge in [0.05, 0.1) is 32.5 Å². The van der Waals surface area contributed by atoms with Crippen LogP contribution in [-0.2, 0) is 132 Å². The Morgan fingerprint density at radius 1 is 0.471 bits per heavy atom. The number of hydrogen-bond acceptors (Lipinski definition) is 34. The number of ether oxygens (including phenoxy) is 7. The van der Waals surface area contributed by atoms with E-state index in [1.54, 1.807) is 0 Å². The van der Waals surface area contributed by atoms with Crippen LogP contribution >= 0.6 is 0 Å². The van der Waals surface area contributed by atoms with Gasteiger partial charge < -0.3 is 93.7 Å². The summed E-state index contributed by atoms with van der Waals surface area (Å²) in [6.07, 6.45) is -12.9. The van der Waals surface area contributed by atoms with Gasteiger partial charge in [-0.3, -0.25) is 42.2 Å². The van der Waals surface area contributed by atoms with Crippen molar-refractivity contribution in [1.82, 2.24) is 10.6 Å². The number of nitrogens with one attached hydrogen (secondary N) is 2. The van der Waals surface area contributed by atoms with E-state index in [9.17, 15) is 61.5 Å². The second-order valence-corrected chi connectivity index (χ2v) is 22.0. The monoisotopic (exact) mass is 1470 g/mol. The fourth-order valence-electron chi connectivity index (χ4n) is 6.12. The largest absolute Gasteiger partial charge is 1.00 e. The maximum atomic E-state index is 12.2. The Kier molecular flexibility index (Phi) is 72.9. The normalized spacial score (nSPS) is 21.1. The molecule has 2 heterocycles. The van der Waals surface area contributed by atoms with Gasteiger partial charge in [0.1, 0.15) is 18.8 Å². The molecule has 0 aromatic carbocycles. The molecule has 2 saturated heterocycles. The Bertz CT molecular complexity index is 2510. The summed E-state index contributed by atoms with van der Waals surface area (Å²) in [5.41, 5.74) is 0. The molecule has 0 aliphatic carbocycles. The summed E-state index contributed by atoms with van der Waals surface area (Å²) in [4.78, 5) is 24.1. The molecule has 9 unspecified atom stereocenters. The van der Waals surface area contributed by atoms with Crippen LogP contribution in [0.4, 0.5) is 0 Å². The van der Waals surface area contributed by atoms with E-state index in [1.807, 2.05) is 6.92 Å². The summed E-state index contributed by atoms with van der Waals surface area (Å²) in [5, 5.41) is 5.60. The first-order valence-electron chi connectivity index (χ1n) is 22.3. The molecule has 0 saturated carbocycles. The zero-order chi connectivity index (χ0) is 62.2. The van der Waals surface area contributed by atoms with Gasteiger partial charge in [0.2, 0.25) is 84.6 Å². The smallest absolute Gasteiger partial charge is 0.726 e. The summed E-state index contributed by atoms with van der Waals surface area (Å²) in [5.74, 6) is -0.335. The molecule has 5 N–H and O–H groups in total. The van der Waals surface area contributed by atoms with Crippen molar-refractivity contribution in [3.63, 3.8) is 0 Å². The molecule has 9 atom stereocenters. The molecule has 0 radical (unpaired) electrons. The second kappa shape index (κ2) is 57.5. The zero-order valence-electron chi connectivity index (χ0n) is 48.7. The van der Waals surface area contributed by atoms with E-state index in [-0.39, 0.29) is 238 Å². The molecule has 480 valence electrons. The van der Waals surface area contributed by atoms with E-state index in [2.05, 4.69) is 41.2 Å². The molecule has 0 aromatic heterocycles. The van der Waals surface area contributed by atoms with Crippen molar-refractivity contribution < 1.29 is 371 Å². The first kappa shape index (κ1) is 110. The topological polar surface area (TPSA) is 621 Å². The standard InChI is InChI=1S/C34H61N2O25S4.7Na.3H2O4S/c1-4-51-18-19-52-20-21-53-23-28(38)36-16-11-7-5-6-10-14-27(37)35-15-12-8-9-13-17-54-33-32(61-65(48,49)50)31(60-64(45,46)47)29(25(3)56-33)57-34-30(59-63(42,43)44)26(22-24(2)55-34)58-62(39,40)41;;;;;;;;3*1-5(2,3)4/h22,24-26,29-34H,2-21,23H2,1H3,(H,35,37)(H,36,38)(H,39,40,41)(H,42,43,44)(H,45,46,47)(H,48,49,50);;;;;;;;3*(H2,1,2,3,4)/q-3;7*+1;;;/p-7. The minimum absolute atomic E-state index is 0. The first-order valence-corrected chi connectivity index (χ1v) is 31.8. The predicted molar refractivity (Wildman–Crippen MR) is 249 cm³/mol. The van der Waals surface area contributed by atoms with E-state index in [1.165, 1.54) is 0 Å². The van der Waals surface area contributed by atoms with Crippen molar-refractivity contribution in [3.8, 4) is 0 Å². The van der Waals surface area contributed by atoms with Crippen LogP contribution in [0.3, 0.4) is 0 Å². The van der Waals surface area contributed by atoms with E-state index in [0.29, 0.717) is 84.6 Å². The van der Waals surface area contributed by atoms with Gasteiger partial charge >= 0.3 is 207 Å². The Hall–Kier alpha value is 4.75. The molecule has 53 heteroatoms. The average molecular weight is 1470 g/mol. The van der Waals surface area contributed by atoms with Crippen LogP contribution in [0.15, 0.2) is 0 Å². The quantitative estimate of drug-likeness (QED) is 0.0129. The Balaban J connectivity index is -0.000000351. The van der Waals surface area contributed by atoms with Gasteiger partial charge in [-0.15, -0.1) is 0 Å². The van der Waals surface area contributed by atoms with Crippen LogP contribution in [-0.4, -0.2) is 231 Å². The molecule has 2 aliphatic heterocycles. The molecule has 0 aromatic rings. The third-order valence-electron chi connectivity index (χ3n) is 8.86. The molecule has 39 nitrogen and oxygen atoms in total. The van der Waals surface area contributed by atoms with Crippen LogP contribution in [0.2, 0.25) is 0 Å². The van der Waals surface area contributed by atoms with Crippen LogP contribution in [0.25, 0.3) is 0 Å². The number of rotatable bonds is 35. The van der Waals surface area contributed by atoms with Gasteiger partial charge in [0, 0.05) is 32.7 Å². The molecule has 0 spiro atoms. The molecular weight excluding hydrogens is 1410 g/mol. The predicted octanol–water partition coefficient (Wildman–Crippen LogP) is -25.7. The van der Waals surface area contributed by atoms with Crippen molar-refractivity contribution in [1.29, 1.82) is 0 Å². The number of hydrogen-bond donors (Lipinski definition) is 5. The van der Waals surface area contributed by atoms with Crippen LogP contribution in [0.5, 0.6) is 0 Å². The molecule has 2 amide bonds. The van der Waals surface area contributed by atoms with Crippen molar-refractivity contribution in [3.05, 3.63) is 20.3 Å². The summed E-state index contributed by atoms with van der Waals surface area (Å²) in [7, 11) is -37.9. The SMILES string of the molecule is O=S(=O)([O-])O.O=S(=O)([O-])O.O=S(=O)([O-])O.[CH2-]C1[CH-]C(OS(=O)(=O)[O-])C(OS(=O)(=O)[O-])C(OC2C([CH2-])OC(OCCCCCCNC(=O)CCCCCCCNC(=O)COCCOCCOCC)C(OS(=O)(=O)[O-])C2OS(=O)(=O)[O-])O1.[Na+].[Na+].[Na+].[Na+].[Na+].[Na+].[Na+]. The molecule has 87 heavy (non-hydrogen) atoms. The van der Waals surface area contributed by atoms with Gasteiger partial charge in [-0.25, -0.2) is 58.9 Å². The summed E-state index contributed by atoms with van der Waals surface area (Å²) in [6, 6.07) is 0. The van der Waals surface area contributed by atoms with E-state index in [0.717, 1.165) is 25.7 Å². The summed E-state index contributed by atoms with van der Waals surface area (Å²) in [6.45, 7) is 11.7. The van der Waals surface area contributed by atoms with Crippen LogP contribution < -0.4 is 218 Å². The molecular formula is C34H60N2Na7O37S7-3. The Morgan fingerprint density at radius 2 is 0.851 bits per heavy atom. The van der Waals surface area contributed by atoms with Gasteiger partial charge in [-0.1, -0.05) is 32.1 Å². The molecule has 2 aliphatic rings. The average Bonchev–Trinajstić information content (AvgIpc) is 3.23. The van der Waals surface area contributed by atoms with E-state index >= 15 is 0 Å². The number of carbonyl (C=O) groups is 2. The zero-order valence-corrected chi connectivity index (χ0v) is 68.4. The second-order valence-electron chi connectivity index (χ2n) is 15.4. The van der Waals surface area contributed by atoms with Gasteiger partial charge in [0.25, 0.3) is 0 Å². The first-order chi connectivity index (χ1) is 36.4. The minimum atomic E-state index is -5.86. The van der Waals surface area contributed by atoms with Crippen LogP contribution in [0.1, 0.15) is 71.1 Å². The molecule has 0 bridgehead atoms. The van der Waals surface area contributed by atoms with Crippen molar-refractivity contribution in [2.24, 2.45) is 0 Å². The summed E-state index contributed by atoms with van der Waals surface area (Å²) < 4.78 is 292. The molecule has 2 fully saturated rings. The number of carbonyl (C=O) groups excluding carboxylic acids is 2. The van der Waals surface area contributed by atoms with Crippen molar-refractivity contribution >= 4 is 84.6 Å². The van der Waals surface area contributed by atoms with Crippen molar-refractivity contribution in [2.45, 2.75) is 126 Å². The maximum Gasteiger partial charge on any atom is 1.00 e. The molecule has 2 rings (SSSR count). The minimum Gasteiger partial charge on any atom is -0.726 e. The number of amides is 2. The van der Waals surface area contributed by atoms with Gasteiger partial charge in [-0.2, -0.15) is 6.10 Å². The third-order valence-corrected chi connectivity index (χ3v) is 10.7. The van der Waals surface area contributed by atoms with Crippen LogP contribution in [0, 0.1) is 20.3 Å². The van der Waals surface area contributed by atoms with Gasteiger partial charge in [0.15, 0.2) is 18.7 Å². The van der Waals surface area contributed by atoms with Gasteiger partial charge in [-0.05, 0) is 44.8 Å². The fourth-order valence-corrected chi connectivity index (χ4v) is 8.00. The van der Waals surface area contributed by atoms with E-state index in [4.69, 9.17) is 85.7 Å².